The smallest absolute Gasteiger partial charge is 0.350 e. The highest BCUT2D eigenvalue weighted by Gasteiger charge is 2.23. The number of methoxy groups -OCH3 is 1. The lowest BCUT2D eigenvalue weighted by molar-refractivity contribution is 0.0607. The molecule has 0 saturated carbocycles. The Morgan fingerprint density at radius 1 is 0.939 bits per heavy atom. The van der Waals surface area contributed by atoms with E-state index in [0.29, 0.717) is 5.39 Å². The second kappa shape index (κ2) is 9.00. The first-order valence-electron chi connectivity index (χ1n) is 9.59. The molecule has 7 nitrogen and oxygen atoms in total. The monoisotopic (exact) mass is 484 g/mol. The van der Waals surface area contributed by atoms with Gasteiger partial charge in [0.05, 0.1) is 28.9 Å². The van der Waals surface area contributed by atoms with Crippen molar-refractivity contribution in [2.45, 2.75) is 4.90 Å². The molecule has 10 heteroatoms. The number of hydrogen-bond donors (Lipinski definition) is 2. The van der Waals surface area contributed by atoms with Gasteiger partial charge in [0.15, 0.2) is 0 Å². The number of anilines is 2. The number of benzene rings is 3. The van der Waals surface area contributed by atoms with E-state index < -0.39 is 27.7 Å². The molecule has 168 valence electrons. The van der Waals surface area contributed by atoms with Crippen LogP contribution in [0.5, 0.6) is 0 Å². The van der Waals surface area contributed by atoms with Crippen molar-refractivity contribution in [3.05, 3.63) is 89.1 Å². The maximum absolute atomic E-state index is 13.2. The number of esters is 1. The van der Waals surface area contributed by atoms with Gasteiger partial charge in [-0.3, -0.25) is 9.52 Å². The molecule has 0 unspecified atom stereocenters. The second-order valence-electron chi connectivity index (χ2n) is 6.85. The zero-order valence-corrected chi connectivity index (χ0v) is 18.8. The predicted octanol–water partition coefficient (Wildman–Crippen LogP) is 4.88. The number of para-hydroxylation sites is 1. The maximum Gasteiger partial charge on any atom is 0.350 e. The summed E-state index contributed by atoms with van der Waals surface area (Å²) in [6.45, 7) is 0. The third-order valence-electron chi connectivity index (χ3n) is 4.74. The summed E-state index contributed by atoms with van der Waals surface area (Å²) in [5.74, 6) is -1.80. The first-order valence-corrected chi connectivity index (χ1v) is 11.9. The summed E-state index contributed by atoms with van der Waals surface area (Å²) < 4.78 is 46.6. The van der Waals surface area contributed by atoms with Crippen molar-refractivity contribution in [3.8, 4) is 0 Å². The number of halogens is 1. The van der Waals surface area contributed by atoms with Crippen LogP contribution in [0.4, 0.5) is 15.8 Å². The third kappa shape index (κ3) is 4.57. The van der Waals surface area contributed by atoms with Crippen LogP contribution >= 0.6 is 11.3 Å². The Bertz CT molecular complexity index is 1460. The molecule has 0 spiro atoms. The number of rotatable bonds is 6. The van der Waals surface area contributed by atoms with E-state index in [2.05, 4.69) is 10.0 Å². The molecule has 0 bridgehead atoms. The van der Waals surface area contributed by atoms with E-state index in [1.54, 1.807) is 24.3 Å². The molecule has 1 aromatic heterocycles. The van der Waals surface area contributed by atoms with Gasteiger partial charge in [0.25, 0.3) is 15.9 Å². The van der Waals surface area contributed by atoms with Gasteiger partial charge in [0.1, 0.15) is 10.7 Å². The van der Waals surface area contributed by atoms with Crippen molar-refractivity contribution in [2.75, 3.05) is 17.1 Å². The van der Waals surface area contributed by atoms with E-state index in [1.807, 2.05) is 12.1 Å². The minimum absolute atomic E-state index is 0.0264. The zero-order chi connectivity index (χ0) is 23.6. The van der Waals surface area contributed by atoms with Crippen LogP contribution in [0.15, 0.2) is 77.7 Å². The van der Waals surface area contributed by atoms with Crippen LogP contribution in [0.2, 0.25) is 0 Å². The average molecular weight is 485 g/mol. The number of fused-ring (bicyclic) bond motifs is 1. The molecule has 33 heavy (non-hydrogen) atoms. The molecule has 4 aromatic rings. The van der Waals surface area contributed by atoms with Gasteiger partial charge in [-0.1, -0.05) is 30.3 Å². The lowest BCUT2D eigenvalue weighted by Gasteiger charge is -2.13. The van der Waals surface area contributed by atoms with Crippen molar-refractivity contribution < 1.29 is 27.1 Å². The first kappa shape index (κ1) is 22.4. The number of thiophene rings is 1. The largest absolute Gasteiger partial charge is 0.465 e. The van der Waals surface area contributed by atoms with Gasteiger partial charge in [-0.15, -0.1) is 11.3 Å². The molecule has 0 fully saturated rings. The van der Waals surface area contributed by atoms with E-state index in [-0.39, 0.29) is 26.7 Å². The molecule has 0 aliphatic rings. The average Bonchev–Trinajstić information content (AvgIpc) is 3.17. The van der Waals surface area contributed by atoms with Crippen LogP contribution in [0, 0.1) is 5.82 Å². The minimum Gasteiger partial charge on any atom is -0.465 e. The van der Waals surface area contributed by atoms with Crippen LogP contribution in [-0.2, 0) is 14.8 Å². The van der Waals surface area contributed by atoms with E-state index in [4.69, 9.17) is 4.74 Å². The Balaban J connectivity index is 1.69. The quantitative estimate of drug-likeness (QED) is 0.380. The van der Waals surface area contributed by atoms with Crippen molar-refractivity contribution in [1.82, 2.24) is 0 Å². The van der Waals surface area contributed by atoms with Crippen molar-refractivity contribution in [3.63, 3.8) is 0 Å². The molecule has 1 amide bonds. The summed E-state index contributed by atoms with van der Waals surface area (Å²) in [5, 5.41) is 3.38. The summed E-state index contributed by atoms with van der Waals surface area (Å²) in [7, 11) is -2.83. The molecular weight excluding hydrogens is 467 g/mol. The Morgan fingerprint density at radius 3 is 2.33 bits per heavy atom. The second-order valence-corrected chi connectivity index (χ2v) is 9.59. The molecule has 2 N–H and O–H groups in total. The van der Waals surface area contributed by atoms with Gasteiger partial charge < -0.3 is 10.1 Å². The molecule has 0 aliphatic carbocycles. The topological polar surface area (TPSA) is 102 Å². The molecule has 1 heterocycles. The summed E-state index contributed by atoms with van der Waals surface area (Å²) in [5.41, 5.74) is 0.344. The Morgan fingerprint density at radius 2 is 1.61 bits per heavy atom. The summed E-state index contributed by atoms with van der Waals surface area (Å²) in [6, 6.07) is 17.5. The van der Waals surface area contributed by atoms with Gasteiger partial charge in [-0.25, -0.2) is 17.6 Å². The highest BCUT2D eigenvalue weighted by molar-refractivity contribution is 7.92. The highest BCUT2D eigenvalue weighted by Crippen LogP contribution is 2.36. The molecule has 0 aliphatic heterocycles. The number of amides is 1. The minimum atomic E-state index is -4.08. The van der Waals surface area contributed by atoms with Crippen LogP contribution in [0.3, 0.4) is 0 Å². The predicted molar refractivity (Wildman–Crippen MR) is 125 cm³/mol. The molecule has 0 saturated heterocycles. The summed E-state index contributed by atoms with van der Waals surface area (Å²) in [4.78, 5) is 25.5. The van der Waals surface area contributed by atoms with Crippen LogP contribution in [-0.4, -0.2) is 27.4 Å². The fourth-order valence-electron chi connectivity index (χ4n) is 3.17. The van der Waals surface area contributed by atoms with Crippen molar-refractivity contribution >= 4 is 54.7 Å². The van der Waals surface area contributed by atoms with Crippen molar-refractivity contribution in [2.24, 2.45) is 0 Å². The maximum atomic E-state index is 13.2. The highest BCUT2D eigenvalue weighted by atomic mass is 32.2. The number of sulfonamides is 1. The van der Waals surface area contributed by atoms with Gasteiger partial charge >= 0.3 is 5.97 Å². The Kier molecular flexibility index (Phi) is 6.12. The van der Waals surface area contributed by atoms with E-state index in [0.717, 1.165) is 29.0 Å². The van der Waals surface area contributed by atoms with Crippen molar-refractivity contribution in [1.29, 1.82) is 0 Å². The number of hydrogen-bond acceptors (Lipinski definition) is 6. The van der Waals surface area contributed by atoms with Gasteiger partial charge in [0, 0.05) is 10.1 Å². The van der Waals surface area contributed by atoms with Gasteiger partial charge in [-0.05, 0) is 42.5 Å². The number of nitrogens with one attached hydrogen (secondary N) is 2. The van der Waals surface area contributed by atoms with E-state index in [9.17, 15) is 22.4 Å². The summed E-state index contributed by atoms with van der Waals surface area (Å²) in [6.07, 6.45) is 0. The van der Waals surface area contributed by atoms with E-state index in [1.165, 1.54) is 30.6 Å². The molecule has 0 atom stereocenters. The van der Waals surface area contributed by atoms with Gasteiger partial charge in [0.2, 0.25) is 0 Å². The van der Waals surface area contributed by atoms with Crippen LogP contribution in [0.1, 0.15) is 20.0 Å². The first-order chi connectivity index (χ1) is 15.8. The van der Waals surface area contributed by atoms with Crippen LogP contribution in [0.25, 0.3) is 10.1 Å². The standard InChI is InChI=1S/C23H17FN2O5S2/c1-31-23(28)21-20(17-7-3-5-9-19(17)32-21)25-22(27)16-6-2-4-8-18(16)26-33(29,30)15-12-10-14(24)11-13-15/h2-13,26H,1H3,(H,25,27). The lowest BCUT2D eigenvalue weighted by atomic mass is 10.1. The molecule has 4 rings (SSSR count). The fraction of sp³-hybridized carbons (Fsp3) is 0.0435. The van der Waals surface area contributed by atoms with Gasteiger partial charge in [-0.2, -0.15) is 0 Å². The Hall–Kier alpha value is -3.76. The molecular formula is C23H17FN2O5S2. The molecule has 0 radical (unpaired) electrons. The SMILES string of the molecule is COC(=O)c1sc2ccccc2c1NC(=O)c1ccccc1NS(=O)(=O)c1ccc(F)cc1. The van der Waals surface area contributed by atoms with Crippen LogP contribution < -0.4 is 10.0 Å². The summed E-state index contributed by atoms with van der Waals surface area (Å²) >= 11 is 1.17. The fourth-order valence-corrected chi connectivity index (χ4v) is 5.33. The van der Waals surface area contributed by atoms with E-state index >= 15 is 0 Å². The normalized spacial score (nSPS) is 11.2. The zero-order valence-electron chi connectivity index (χ0n) is 17.2. The number of carbonyl (C=O) groups excluding carboxylic acids is 2. The number of carbonyl (C=O) groups is 2. The number of ether oxygens (including phenoxy) is 1. The third-order valence-corrected chi connectivity index (χ3v) is 7.28. The Labute approximate surface area is 192 Å². The lowest BCUT2D eigenvalue weighted by Crippen LogP contribution is -2.19. The molecule has 3 aromatic carbocycles.